The van der Waals surface area contributed by atoms with E-state index in [-0.39, 0.29) is 0 Å². The first-order valence-corrected chi connectivity index (χ1v) is 4.55. The lowest BCUT2D eigenvalue weighted by Gasteiger charge is -2.30. The molecule has 11 heavy (non-hydrogen) atoms. The van der Waals surface area contributed by atoms with Gasteiger partial charge in [-0.2, -0.15) is 4.21 Å². The molecule has 1 aliphatic heterocycles. The molecule has 0 saturated carbocycles. The highest BCUT2D eigenvalue weighted by Crippen LogP contribution is 2.20. The summed E-state index contributed by atoms with van der Waals surface area (Å²) in [5.74, 6) is 0.804. The minimum atomic E-state index is -2.12. The predicted molar refractivity (Wildman–Crippen MR) is 40.2 cm³/mol. The van der Waals surface area contributed by atoms with Crippen molar-refractivity contribution in [2.24, 2.45) is 11.8 Å². The van der Waals surface area contributed by atoms with Crippen LogP contribution in [0.15, 0.2) is 0 Å². The zero-order chi connectivity index (χ0) is 8.27. The van der Waals surface area contributed by atoms with E-state index in [1.54, 1.807) is 0 Å². The number of hydrogen-bond donors (Lipinski definition) is 1. The van der Waals surface area contributed by atoms with E-state index < -0.39 is 11.4 Å². The smallest absolute Gasteiger partial charge is 0.301 e. The molecule has 0 bridgehead atoms. The Balaban J connectivity index is 2.09. The van der Waals surface area contributed by atoms with Crippen LogP contribution >= 0.6 is 0 Å². The van der Waals surface area contributed by atoms with E-state index in [9.17, 15) is 4.21 Å². The third-order valence-electron chi connectivity index (χ3n) is 1.90. The van der Waals surface area contributed by atoms with E-state index in [0.29, 0.717) is 18.4 Å². The highest BCUT2D eigenvalue weighted by Gasteiger charge is 2.25. The Hall–Kier alpha value is 0.0300. The first-order valence-electron chi connectivity index (χ1n) is 3.52. The topological polar surface area (TPSA) is 55.8 Å². The molecule has 0 aromatic carbocycles. The summed E-state index contributed by atoms with van der Waals surface area (Å²) in [5, 5.41) is 0. The summed E-state index contributed by atoms with van der Waals surface area (Å²) in [7, 11) is 0. The van der Waals surface area contributed by atoms with Crippen molar-refractivity contribution in [3.05, 3.63) is 0 Å². The molecule has 1 N–H and O–H groups in total. The lowest BCUT2D eigenvalue weighted by atomic mass is 9.94. The minimum Gasteiger partial charge on any atom is -0.381 e. The van der Waals surface area contributed by atoms with E-state index in [0.717, 1.165) is 13.2 Å². The van der Waals surface area contributed by atoms with Gasteiger partial charge in [-0.15, -0.1) is 0 Å². The summed E-state index contributed by atoms with van der Waals surface area (Å²) >= 11 is -2.12. The van der Waals surface area contributed by atoms with Gasteiger partial charge in [-0.25, -0.2) is 0 Å². The van der Waals surface area contributed by atoms with E-state index in [2.05, 4.69) is 4.18 Å². The van der Waals surface area contributed by atoms with Crippen molar-refractivity contribution in [3.63, 3.8) is 0 Å². The first-order chi connectivity index (χ1) is 5.20. The molecule has 0 aliphatic carbocycles. The zero-order valence-electron chi connectivity index (χ0n) is 6.36. The summed E-state index contributed by atoms with van der Waals surface area (Å²) in [6, 6.07) is 0. The fourth-order valence-electron chi connectivity index (χ4n) is 0.884. The van der Waals surface area contributed by atoms with E-state index >= 15 is 0 Å². The van der Waals surface area contributed by atoms with Gasteiger partial charge in [0, 0.05) is 5.92 Å². The number of rotatable bonds is 4. The van der Waals surface area contributed by atoms with Crippen molar-refractivity contribution >= 4 is 11.4 Å². The normalized spacial score (nSPS) is 24.2. The SMILES string of the molecule is CC(COS(=O)O)C1COC1. The van der Waals surface area contributed by atoms with Crippen molar-refractivity contribution in [2.75, 3.05) is 19.8 Å². The molecule has 1 saturated heterocycles. The molecule has 2 atom stereocenters. The molecule has 0 spiro atoms. The fraction of sp³-hybridized carbons (Fsp3) is 1.00. The lowest BCUT2D eigenvalue weighted by molar-refractivity contribution is -0.0641. The van der Waals surface area contributed by atoms with Crippen LogP contribution in [0.4, 0.5) is 0 Å². The van der Waals surface area contributed by atoms with Crippen molar-refractivity contribution < 1.29 is 17.7 Å². The van der Waals surface area contributed by atoms with Crippen molar-refractivity contribution in [3.8, 4) is 0 Å². The summed E-state index contributed by atoms with van der Waals surface area (Å²) < 4.78 is 27.9. The molecule has 1 aliphatic rings. The molecular formula is C6H12O4S. The average Bonchev–Trinajstić information content (AvgIpc) is 1.79. The third-order valence-corrected chi connectivity index (χ3v) is 2.24. The third kappa shape index (κ3) is 2.86. The molecule has 0 aromatic heterocycles. The average molecular weight is 180 g/mol. The summed E-state index contributed by atoms with van der Waals surface area (Å²) in [6.07, 6.45) is 0. The number of ether oxygens (including phenoxy) is 1. The highest BCUT2D eigenvalue weighted by molar-refractivity contribution is 7.74. The van der Waals surface area contributed by atoms with Crippen molar-refractivity contribution in [1.29, 1.82) is 0 Å². The number of hydrogen-bond acceptors (Lipinski definition) is 3. The van der Waals surface area contributed by atoms with Gasteiger partial charge >= 0.3 is 11.4 Å². The van der Waals surface area contributed by atoms with Crippen LogP contribution in [0.3, 0.4) is 0 Å². The van der Waals surface area contributed by atoms with Gasteiger partial charge in [-0.3, -0.25) is 8.74 Å². The largest absolute Gasteiger partial charge is 0.381 e. The Bertz CT molecular complexity index is 146. The standard InChI is InChI=1S/C6H12O4S/c1-5(2-10-11(7)8)6-3-9-4-6/h5-6H,2-4H2,1H3,(H,7,8). The predicted octanol–water partition coefficient (Wildman–Crippen LogP) is 0.422. The molecular weight excluding hydrogens is 168 g/mol. The second-order valence-corrected chi connectivity index (χ2v) is 3.45. The Kier molecular flexibility index (Phi) is 3.45. The molecule has 0 amide bonds. The van der Waals surface area contributed by atoms with E-state index in [4.69, 9.17) is 9.29 Å². The van der Waals surface area contributed by atoms with Crippen molar-refractivity contribution in [2.45, 2.75) is 6.92 Å². The molecule has 1 heterocycles. The Labute approximate surface area is 68.4 Å². The van der Waals surface area contributed by atoms with Gasteiger partial charge in [0.1, 0.15) is 0 Å². The summed E-state index contributed by atoms with van der Waals surface area (Å²) in [6.45, 7) is 3.82. The molecule has 5 heteroatoms. The lowest BCUT2D eigenvalue weighted by Crippen LogP contribution is -2.35. The molecule has 2 unspecified atom stereocenters. The van der Waals surface area contributed by atoms with Crippen LogP contribution in [0.5, 0.6) is 0 Å². The maximum Gasteiger partial charge on any atom is 0.301 e. The van der Waals surface area contributed by atoms with Gasteiger partial charge in [0.25, 0.3) is 0 Å². The molecule has 1 rings (SSSR count). The van der Waals surface area contributed by atoms with Crippen LogP contribution in [0.2, 0.25) is 0 Å². The van der Waals surface area contributed by atoms with Gasteiger partial charge in [0.2, 0.25) is 0 Å². The van der Waals surface area contributed by atoms with Crippen LogP contribution in [-0.4, -0.2) is 28.6 Å². The van der Waals surface area contributed by atoms with Gasteiger partial charge < -0.3 is 4.74 Å². The summed E-state index contributed by atoms with van der Waals surface area (Å²) in [4.78, 5) is 0. The quantitative estimate of drug-likeness (QED) is 0.637. The Morgan fingerprint density at radius 3 is 2.82 bits per heavy atom. The molecule has 0 aromatic rings. The highest BCUT2D eigenvalue weighted by atomic mass is 32.2. The van der Waals surface area contributed by atoms with Gasteiger partial charge in [0.15, 0.2) is 0 Å². The van der Waals surface area contributed by atoms with Crippen LogP contribution in [-0.2, 0) is 20.3 Å². The molecule has 0 radical (unpaired) electrons. The van der Waals surface area contributed by atoms with Gasteiger partial charge in [0.05, 0.1) is 19.8 Å². The van der Waals surface area contributed by atoms with E-state index in [1.165, 1.54) is 0 Å². The van der Waals surface area contributed by atoms with E-state index in [1.807, 2.05) is 6.92 Å². The zero-order valence-corrected chi connectivity index (χ0v) is 7.17. The maximum absolute atomic E-state index is 10.1. The van der Waals surface area contributed by atoms with Gasteiger partial charge in [-0.1, -0.05) is 6.92 Å². The Morgan fingerprint density at radius 2 is 2.45 bits per heavy atom. The van der Waals surface area contributed by atoms with Gasteiger partial charge in [-0.05, 0) is 5.92 Å². The van der Waals surface area contributed by atoms with Crippen molar-refractivity contribution in [1.82, 2.24) is 0 Å². The molecule has 66 valence electrons. The first kappa shape index (κ1) is 9.12. The monoisotopic (exact) mass is 180 g/mol. The Morgan fingerprint density at radius 1 is 1.82 bits per heavy atom. The van der Waals surface area contributed by atoms with Crippen LogP contribution < -0.4 is 0 Å². The maximum atomic E-state index is 10.1. The molecule has 4 nitrogen and oxygen atoms in total. The van der Waals surface area contributed by atoms with Crippen LogP contribution in [0.1, 0.15) is 6.92 Å². The second kappa shape index (κ2) is 4.15. The second-order valence-electron chi connectivity index (χ2n) is 2.78. The molecule has 1 fully saturated rings. The summed E-state index contributed by atoms with van der Waals surface area (Å²) in [5.41, 5.74) is 0. The van der Waals surface area contributed by atoms with Crippen LogP contribution in [0, 0.1) is 11.8 Å². The van der Waals surface area contributed by atoms with Crippen LogP contribution in [0.25, 0.3) is 0 Å². The fourth-order valence-corrected chi connectivity index (χ4v) is 1.22. The minimum absolute atomic E-state index is 0.305.